The number of hydrogen-bond donors (Lipinski definition) is 0. The fraction of sp³-hybridized carbons (Fsp3) is 0.300. The zero-order valence-corrected chi connectivity index (χ0v) is 10.5. The number of carbonyl (C=O) groups is 1. The van der Waals surface area contributed by atoms with Crippen LogP contribution in [0.2, 0.25) is 0 Å². The number of nitro benzene ring substituents is 1. The van der Waals surface area contributed by atoms with E-state index in [1.54, 1.807) is 0 Å². The lowest BCUT2D eigenvalue weighted by molar-refractivity contribution is -0.387. The molecule has 0 aliphatic carbocycles. The topological polar surface area (TPSA) is 63.5 Å². The first kappa shape index (κ1) is 12.9. The van der Waals surface area contributed by atoms with Crippen molar-refractivity contribution in [2.75, 3.05) is 11.4 Å². The van der Waals surface area contributed by atoms with E-state index in [0.29, 0.717) is 12.5 Å². The number of benzene rings is 1. The predicted octanol–water partition coefficient (Wildman–Crippen LogP) is 2.37. The van der Waals surface area contributed by atoms with Crippen LogP contribution in [0.25, 0.3) is 0 Å². The molecule has 1 fully saturated rings. The highest BCUT2D eigenvalue weighted by Gasteiger charge is 2.33. The maximum atomic E-state index is 13.6. The molecule has 1 unspecified atom stereocenters. The minimum Gasteiger partial charge on any atom is -0.308 e. The molecule has 1 heterocycles. The van der Waals surface area contributed by atoms with Crippen molar-refractivity contribution in [3.8, 4) is 0 Å². The summed E-state index contributed by atoms with van der Waals surface area (Å²) in [5.41, 5.74) is -1.12. The van der Waals surface area contributed by atoms with Gasteiger partial charge in [-0.1, -0.05) is 15.9 Å². The SMILES string of the molecule is O=C1C(Br)CCN1c1cc([N+](=O)[O-])c(F)cc1F. The van der Waals surface area contributed by atoms with Crippen molar-refractivity contribution in [1.29, 1.82) is 0 Å². The summed E-state index contributed by atoms with van der Waals surface area (Å²) in [5, 5.41) is 10.6. The van der Waals surface area contributed by atoms with Crippen molar-refractivity contribution >= 4 is 33.2 Å². The molecule has 0 aromatic heterocycles. The Balaban J connectivity index is 2.48. The average molecular weight is 321 g/mol. The summed E-state index contributed by atoms with van der Waals surface area (Å²) >= 11 is 3.11. The minimum absolute atomic E-state index is 0.231. The zero-order valence-electron chi connectivity index (χ0n) is 8.90. The molecule has 96 valence electrons. The van der Waals surface area contributed by atoms with E-state index < -0.39 is 33.0 Å². The first-order valence-corrected chi connectivity index (χ1v) is 5.92. The molecule has 5 nitrogen and oxygen atoms in total. The molecule has 0 spiro atoms. The van der Waals surface area contributed by atoms with E-state index in [0.717, 1.165) is 11.0 Å². The Kier molecular flexibility index (Phi) is 3.29. The number of amides is 1. The number of carbonyl (C=O) groups excluding carboxylic acids is 1. The quantitative estimate of drug-likeness (QED) is 0.477. The van der Waals surface area contributed by atoms with E-state index in [9.17, 15) is 23.7 Å². The molecule has 1 aromatic carbocycles. The number of alkyl halides is 1. The number of hydrogen-bond acceptors (Lipinski definition) is 3. The molecule has 0 N–H and O–H groups in total. The number of rotatable bonds is 2. The Labute approximate surface area is 109 Å². The van der Waals surface area contributed by atoms with E-state index in [1.807, 2.05) is 0 Å². The van der Waals surface area contributed by atoms with Gasteiger partial charge >= 0.3 is 5.69 Å². The highest BCUT2D eigenvalue weighted by molar-refractivity contribution is 9.10. The largest absolute Gasteiger partial charge is 0.308 e. The Morgan fingerprint density at radius 3 is 2.56 bits per heavy atom. The van der Waals surface area contributed by atoms with E-state index >= 15 is 0 Å². The van der Waals surface area contributed by atoms with Crippen molar-refractivity contribution in [3.63, 3.8) is 0 Å². The lowest BCUT2D eigenvalue weighted by Gasteiger charge is -2.16. The van der Waals surface area contributed by atoms with Gasteiger partial charge in [-0.2, -0.15) is 4.39 Å². The molecule has 1 aliphatic rings. The van der Waals surface area contributed by atoms with Crippen molar-refractivity contribution in [2.24, 2.45) is 0 Å². The van der Waals surface area contributed by atoms with Crippen LogP contribution in [-0.4, -0.2) is 22.2 Å². The fourth-order valence-corrected chi connectivity index (χ4v) is 2.21. The average Bonchev–Trinajstić information content (AvgIpc) is 2.60. The Morgan fingerprint density at radius 1 is 1.39 bits per heavy atom. The standard InChI is InChI=1S/C10H7BrF2N2O3/c11-5-1-2-14(10(5)16)8-4-9(15(17)18)7(13)3-6(8)12/h3-5H,1-2H2. The van der Waals surface area contributed by atoms with E-state index in [2.05, 4.69) is 15.9 Å². The second-order valence-electron chi connectivity index (χ2n) is 3.76. The molecule has 2 rings (SSSR count). The third-order valence-corrected chi connectivity index (χ3v) is 3.49. The molecular weight excluding hydrogens is 314 g/mol. The summed E-state index contributed by atoms with van der Waals surface area (Å²) in [7, 11) is 0. The molecule has 0 radical (unpaired) electrons. The second-order valence-corrected chi connectivity index (χ2v) is 4.86. The van der Waals surface area contributed by atoms with Crippen LogP contribution in [0.3, 0.4) is 0 Å². The van der Waals surface area contributed by atoms with Crippen LogP contribution in [-0.2, 0) is 4.79 Å². The highest BCUT2D eigenvalue weighted by atomic mass is 79.9. The third kappa shape index (κ3) is 2.07. The van der Waals surface area contributed by atoms with Crippen LogP contribution in [0.1, 0.15) is 6.42 Å². The van der Waals surface area contributed by atoms with E-state index in [1.165, 1.54) is 0 Å². The van der Waals surface area contributed by atoms with Crippen LogP contribution in [0.5, 0.6) is 0 Å². The first-order valence-electron chi connectivity index (χ1n) is 5.00. The highest BCUT2D eigenvalue weighted by Crippen LogP contribution is 2.32. The van der Waals surface area contributed by atoms with Gasteiger partial charge < -0.3 is 4.90 Å². The molecule has 18 heavy (non-hydrogen) atoms. The summed E-state index contributed by atoms with van der Waals surface area (Å²) < 4.78 is 26.7. The van der Waals surface area contributed by atoms with Crippen LogP contribution in [0.4, 0.5) is 20.2 Å². The summed E-state index contributed by atoms with van der Waals surface area (Å²) in [6, 6.07) is 1.16. The maximum Gasteiger partial charge on any atom is 0.307 e. The van der Waals surface area contributed by atoms with E-state index in [-0.39, 0.29) is 12.2 Å². The first-order chi connectivity index (χ1) is 8.41. The Hall–Kier alpha value is -1.57. The molecule has 0 bridgehead atoms. The lowest BCUT2D eigenvalue weighted by Crippen LogP contribution is -2.28. The van der Waals surface area contributed by atoms with Crippen LogP contribution < -0.4 is 4.90 Å². The zero-order chi connectivity index (χ0) is 13.4. The monoisotopic (exact) mass is 320 g/mol. The van der Waals surface area contributed by atoms with Gasteiger partial charge in [0.2, 0.25) is 11.7 Å². The molecule has 1 saturated heterocycles. The summed E-state index contributed by atoms with van der Waals surface area (Å²) in [5.74, 6) is -2.65. The molecular formula is C10H7BrF2N2O3. The summed E-state index contributed by atoms with van der Waals surface area (Å²) in [4.78, 5) is 21.9. The van der Waals surface area contributed by atoms with Crippen molar-refractivity contribution < 1.29 is 18.5 Å². The van der Waals surface area contributed by atoms with Crippen molar-refractivity contribution in [1.82, 2.24) is 0 Å². The summed E-state index contributed by atoms with van der Waals surface area (Å²) in [6.07, 6.45) is 0.462. The van der Waals surface area contributed by atoms with Gasteiger partial charge in [0, 0.05) is 18.7 Å². The predicted molar refractivity (Wildman–Crippen MR) is 62.7 cm³/mol. The Bertz CT molecular complexity index is 538. The van der Waals surface area contributed by atoms with Gasteiger partial charge in [0.05, 0.1) is 15.4 Å². The van der Waals surface area contributed by atoms with Crippen LogP contribution in [0, 0.1) is 21.7 Å². The van der Waals surface area contributed by atoms with Gasteiger partial charge in [0.1, 0.15) is 5.82 Å². The smallest absolute Gasteiger partial charge is 0.307 e. The van der Waals surface area contributed by atoms with Gasteiger partial charge in [-0.05, 0) is 6.42 Å². The molecule has 1 aromatic rings. The van der Waals surface area contributed by atoms with Gasteiger partial charge in [-0.3, -0.25) is 14.9 Å². The molecule has 8 heteroatoms. The molecule has 1 amide bonds. The van der Waals surface area contributed by atoms with Gasteiger partial charge in [0.25, 0.3) is 0 Å². The van der Waals surface area contributed by atoms with Gasteiger partial charge in [-0.15, -0.1) is 0 Å². The van der Waals surface area contributed by atoms with Crippen molar-refractivity contribution in [2.45, 2.75) is 11.2 Å². The summed E-state index contributed by atoms with van der Waals surface area (Å²) in [6.45, 7) is 0.231. The second kappa shape index (κ2) is 4.60. The Morgan fingerprint density at radius 2 is 2.06 bits per heavy atom. The van der Waals surface area contributed by atoms with Gasteiger partial charge in [-0.25, -0.2) is 4.39 Å². The van der Waals surface area contributed by atoms with Crippen LogP contribution in [0.15, 0.2) is 12.1 Å². The van der Waals surface area contributed by atoms with Crippen LogP contribution >= 0.6 is 15.9 Å². The molecule has 1 atom stereocenters. The van der Waals surface area contributed by atoms with Crippen molar-refractivity contribution in [3.05, 3.63) is 33.9 Å². The number of halogens is 3. The normalized spacial score (nSPS) is 19.4. The third-order valence-electron chi connectivity index (χ3n) is 2.64. The van der Waals surface area contributed by atoms with E-state index in [4.69, 9.17) is 0 Å². The lowest BCUT2D eigenvalue weighted by atomic mass is 10.2. The number of anilines is 1. The minimum atomic E-state index is -1.26. The molecule has 1 aliphatic heterocycles. The maximum absolute atomic E-state index is 13.6. The number of nitrogens with zero attached hydrogens (tertiary/aromatic N) is 2. The molecule has 0 saturated carbocycles. The van der Waals surface area contributed by atoms with Gasteiger partial charge in [0.15, 0.2) is 0 Å². The fourth-order valence-electron chi connectivity index (χ4n) is 1.76. The number of nitro groups is 1.